The van der Waals surface area contributed by atoms with Crippen molar-refractivity contribution in [3.05, 3.63) is 112 Å². The first-order valence-corrected chi connectivity index (χ1v) is 12.9. The summed E-state index contributed by atoms with van der Waals surface area (Å²) in [4.78, 5) is 18.3. The van der Waals surface area contributed by atoms with E-state index in [4.69, 9.17) is 28.3 Å². The molecule has 0 spiro atoms. The molecule has 0 aliphatic carbocycles. The lowest BCUT2D eigenvalue weighted by atomic mass is 10.2. The van der Waals surface area contributed by atoms with E-state index in [-0.39, 0.29) is 18.2 Å². The quantitative estimate of drug-likeness (QED) is 0.227. The van der Waals surface area contributed by atoms with Gasteiger partial charge in [0.25, 0.3) is 5.56 Å². The lowest BCUT2D eigenvalue weighted by molar-refractivity contribution is 0.174. The number of hydrogen-bond acceptors (Lipinski definition) is 8. The minimum atomic E-state index is -0.315. The highest BCUT2D eigenvalue weighted by molar-refractivity contribution is 5.88. The third-order valence-electron chi connectivity index (χ3n) is 6.74. The number of nitrogens with zero attached hydrogens (tertiary/aromatic N) is 3. The Hall–Kier alpha value is -5.57. The molecular weight excluding hydrogens is 522 g/mol. The minimum Gasteiger partial charge on any atom is -0.496 e. The summed E-state index contributed by atoms with van der Waals surface area (Å²) in [6, 6.07) is 27.7. The molecule has 1 aliphatic heterocycles. The van der Waals surface area contributed by atoms with Crippen LogP contribution in [0, 0.1) is 0 Å². The van der Waals surface area contributed by atoms with Gasteiger partial charge in [-0.05, 0) is 65.7 Å². The zero-order valence-electron chi connectivity index (χ0n) is 21.9. The predicted octanol–water partition coefficient (Wildman–Crippen LogP) is 6.01. The van der Waals surface area contributed by atoms with Crippen LogP contribution >= 0.6 is 0 Å². The van der Waals surface area contributed by atoms with Gasteiger partial charge >= 0.3 is 0 Å². The molecule has 0 N–H and O–H groups in total. The number of aromatic nitrogens is 2. The maximum absolute atomic E-state index is 13.6. The number of ether oxygens (including phenoxy) is 4. The summed E-state index contributed by atoms with van der Waals surface area (Å²) in [5, 5.41) is 5.77. The normalized spacial score (nSPS) is 12.4. The van der Waals surface area contributed by atoms with Crippen molar-refractivity contribution in [3.63, 3.8) is 0 Å². The fourth-order valence-electron chi connectivity index (χ4n) is 4.72. The molecule has 4 aromatic carbocycles. The van der Waals surface area contributed by atoms with Crippen LogP contribution in [-0.2, 0) is 6.61 Å². The van der Waals surface area contributed by atoms with Crippen LogP contribution in [0.15, 0.2) is 105 Å². The summed E-state index contributed by atoms with van der Waals surface area (Å²) in [6.45, 7) is 0.577. The van der Waals surface area contributed by atoms with Gasteiger partial charge in [0.1, 0.15) is 23.7 Å². The molecule has 0 saturated heterocycles. The van der Waals surface area contributed by atoms with Gasteiger partial charge in [0.2, 0.25) is 12.6 Å². The number of methoxy groups -OCH3 is 1. The van der Waals surface area contributed by atoms with Crippen LogP contribution < -0.4 is 24.5 Å². The van der Waals surface area contributed by atoms with E-state index >= 15 is 0 Å². The second-order valence-electron chi connectivity index (χ2n) is 9.35. The number of fused-ring (bicyclic) bond motifs is 3. The van der Waals surface area contributed by atoms with E-state index in [2.05, 4.69) is 5.10 Å². The van der Waals surface area contributed by atoms with Crippen LogP contribution in [0.5, 0.6) is 23.0 Å². The standard InChI is InChI=1S/C32H23N3O6/c1-37-26-10-5-11-27-24(26)16-30(41-27)31-34-25-9-3-2-8-23(25)32(36)35(31)33-17-20-6-4-7-22(14-20)38-18-21-12-13-28-29(15-21)40-19-39-28/h2-17H,18-19H2,1H3. The van der Waals surface area contributed by atoms with Crippen LogP contribution in [0.4, 0.5) is 0 Å². The smallest absolute Gasteiger partial charge is 0.282 e. The van der Waals surface area contributed by atoms with Crippen molar-refractivity contribution in [2.45, 2.75) is 6.61 Å². The molecule has 0 bridgehead atoms. The van der Waals surface area contributed by atoms with Crippen molar-refractivity contribution < 1.29 is 23.4 Å². The topological polar surface area (TPSA) is 97.3 Å². The first-order valence-electron chi connectivity index (χ1n) is 12.9. The number of benzene rings is 4. The Balaban J connectivity index is 1.23. The van der Waals surface area contributed by atoms with Gasteiger partial charge in [-0.25, -0.2) is 4.98 Å². The fourth-order valence-corrected chi connectivity index (χ4v) is 4.72. The predicted molar refractivity (Wildman–Crippen MR) is 154 cm³/mol. The van der Waals surface area contributed by atoms with Crippen molar-refractivity contribution in [2.24, 2.45) is 5.10 Å². The van der Waals surface area contributed by atoms with E-state index in [0.29, 0.717) is 46.1 Å². The number of rotatable bonds is 7. The molecule has 0 unspecified atom stereocenters. The summed E-state index contributed by atoms with van der Waals surface area (Å²) in [5.74, 6) is 3.42. The number of para-hydroxylation sites is 1. The second kappa shape index (κ2) is 10.2. The monoisotopic (exact) mass is 545 g/mol. The summed E-state index contributed by atoms with van der Waals surface area (Å²) < 4.78 is 29.7. The molecule has 1 aliphatic rings. The Morgan fingerprint density at radius 1 is 0.927 bits per heavy atom. The second-order valence-corrected chi connectivity index (χ2v) is 9.35. The molecule has 0 amide bonds. The molecule has 0 fully saturated rings. The molecule has 2 aromatic heterocycles. The Bertz CT molecular complexity index is 2010. The molecule has 3 heterocycles. The summed E-state index contributed by atoms with van der Waals surface area (Å²) in [6.07, 6.45) is 1.60. The van der Waals surface area contributed by atoms with Crippen LogP contribution in [0.25, 0.3) is 33.5 Å². The van der Waals surface area contributed by atoms with Crippen molar-refractivity contribution in [3.8, 4) is 34.6 Å². The van der Waals surface area contributed by atoms with E-state index in [1.54, 1.807) is 37.6 Å². The minimum absolute atomic E-state index is 0.225. The lowest BCUT2D eigenvalue weighted by Crippen LogP contribution is -2.20. The molecule has 9 heteroatoms. The van der Waals surface area contributed by atoms with Crippen LogP contribution in [0.3, 0.4) is 0 Å². The number of furan rings is 1. The van der Waals surface area contributed by atoms with Gasteiger partial charge in [-0.3, -0.25) is 4.79 Å². The highest BCUT2D eigenvalue weighted by atomic mass is 16.7. The van der Waals surface area contributed by atoms with Crippen molar-refractivity contribution >= 4 is 28.1 Å². The van der Waals surface area contributed by atoms with Gasteiger partial charge in [0.15, 0.2) is 17.3 Å². The van der Waals surface area contributed by atoms with E-state index in [9.17, 15) is 4.79 Å². The molecule has 6 aromatic rings. The molecule has 41 heavy (non-hydrogen) atoms. The van der Waals surface area contributed by atoms with Crippen molar-refractivity contribution in [1.82, 2.24) is 9.66 Å². The van der Waals surface area contributed by atoms with Crippen LogP contribution in [0.2, 0.25) is 0 Å². The Morgan fingerprint density at radius 2 is 1.80 bits per heavy atom. The van der Waals surface area contributed by atoms with Gasteiger partial charge in [-0.15, -0.1) is 0 Å². The van der Waals surface area contributed by atoms with Gasteiger partial charge < -0.3 is 23.4 Å². The summed E-state index contributed by atoms with van der Waals surface area (Å²) >= 11 is 0. The van der Waals surface area contributed by atoms with Crippen LogP contribution in [0.1, 0.15) is 11.1 Å². The lowest BCUT2D eigenvalue weighted by Gasteiger charge is -2.08. The Kier molecular flexibility index (Phi) is 6.09. The average Bonchev–Trinajstić information content (AvgIpc) is 3.66. The van der Waals surface area contributed by atoms with E-state index in [1.807, 2.05) is 66.7 Å². The van der Waals surface area contributed by atoms with Crippen molar-refractivity contribution in [1.29, 1.82) is 0 Å². The van der Waals surface area contributed by atoms with Gasteiger partial charge in [-0.2, -0.15) is 9.78 Å². The van der Waals surface area contributed by atoms with E-state index in [0.717, 1.165) is 22.3 Å². The van der Waals surface area contributed by atoms with Crippen molar-refractivity contribution in [2.75, 3.05) is 13.9 Å². The SMILES string of the molecule is COc1cccc2oc(-c3nc4ccccc4c(=O)n3N=Cc3cccc(OCc4ccc5c(c4)OCO5)c3)cc12. The van der Waals surface area contributed by atoms with Gasteiger partial charge in [0, 0.05) is 0 Å². The molecule has 9 nitrogen and oxygen atoms in total. The fraction of sp³-hybridized carbons (Fsp3) is 0.0938. The molecule has 202 valence electrons. The molecule has 0 saturated carbocycles. The third-order valence-corrected chi connectivity index (χ3v) is 6.74. The van der Waals surface area contributed by atoms with E-state index < -0.39 is 0 Å². The highest BCUT2D eigenvalue weighted by Crippen LogP contribution is 2.34. The summed E-state index contributed by atoms with van der Waals surface area (Å²) in [7, 11) is 1.60. The Morgan fingerprint density at radius 3 is 2.73 bits per heavy atom. The Labute approximate surface area is 233 Å². The molecule has 7 rings (SSSR count). The molecule has 0 radical (unpaired) electrons. The molecule has 0 atom stereocenters. The first kappa shape index (κ1) is 24.5. The highest BCUT2D eigenvalue weighted by Gasteiger charge is 2.18. The molecular formula is C32H23N3O6. The zero-order valence-corrected chi connectivity index (χ0v) is 21.9. The zero-order chi connectivity index (χ0) is 27.8. The average molecular weight is 546 g/mol. The maximum atomic E-state index is 13.6. The maximum Gasteiger partial charge on any atom is 0.282 e. The van der Waals surface area contributed by atoms with Crippen LogP contribution in [-0.4, -0.2) is 29.8 Å². The first-order chi connectivity index (χ1) is 20.2. The van der Waals surface area contributed by atoms with Gasteiger partial charge in [-0.1, -0.05) is 36.4 Å². The number of hydrogen-bond donors (Lipinski definition) is 0. The largest absolute Gasteiger partial charge is 0.496 e. The van der Waals surface area contributed by atoms with E-state index in [1.165, 1.54) is 4.68 Å². The van der Waals surface area contributed by atoms with Gasteiger partial charge in [0.05, 0.1) is 29.6 Å². The third kappa shape index (κ3) is 4.63. The summed E-state index contributed by atoms with van der Waals surface area (Å²) in [5.41, 5.74) is 2.54.